The highest BCUT2D eigenvalue weighted by molar-refractivity contribution is 5.73. The van der Waals surface area contributed by atoms with Crippen molar-refractivity contribution in [3.63, 3.8) is 0 Å². The third-order valence-corrected chi connectivity index (χ3v) is 1.52. The lowest BCUT2D eigenvalue weighted by Gasteiger charge is -2.16. The molecule has 9 heavy (non-hydrogen) atoms. The zero-order chi connectivity index (χ0) is 6.69. The standard InChI is InChI=1S/C7H11NO/c1-6-4-7(5-9)2-3-8-6/h2,5-6,8H,3-4H2,1H3. The summed E-state index contributed by atoms with van der Waals surface area (Å²) in [6.45, 7) is 2.92. The fourth-order valence-electron chi connectivity index (χ4n) is 0.996. The van der Waals surface area contributed by atoms with Crippen molar-refractivity contribution >= 4 is 6.29 Å². The maximum absolute atomic E-state index is 10.2. The van der Waals surface area contributed by atoms with E-state index in [0.29, 0.717) is 6.04 Å². The van der Waals surface area contributed by atoms with Gasteiger partial charge in [0.25, 0.3) is 0 Å². The van der Waals surface area contributed by atoms with Crippen molar-refractivity contribution < 1.29 is 4.79 Å². The molecular formula is C7H11NO. The molecule has 0 spiro atoms. The first-order chi connectivity index (χ1) is 4.33. The monoisotopic (exact) mass is 125 g/mol. The fraction of sp³-hybridized carbons (Fsp3) is 0.571. The lowest BCUT2D eigenvalue weighted by Crippen LogP contribution is -2.30. The predicted octanol–water partition coefficient (Wildman–Crippen LogP) is 0.493. The van der Waals surface area contributed by atoms with Crippen molar-refractivity contribution in [2.24, 2.45) is 0 Å². The maximum atomic E-state index is 10.2. The van der Waals surface area contributed by atoms with Crippen molar-refractivity contribution in [1.82, 2.24) is 5.32 Å². The van der Waals surface area contributed by atoms with Gasteiger partial charge in [-0.3, -0.25) is 4.79 Å². The van der Waals surface area contributed by atoms with Gasteiger partial charge in [0.2, 0.25) is 0 Å². The molecule has 50 valence electrons. The summed E-state index contributed by atoms with van der Waals surface area (Å²) in [7, 11) is 0. The van der Waals surface area contributed by atoms with Crippen LogP contribution >= 0.6 is 0 Å². The minimum atomic E-state index is 0.468. The van der Waals surface area contributed by atoms with E-state index < -0.39 is 0 Å². The van der Waals surface area contributed by atoms with Gasteiger partial charge >= 0.3 is 0 Å². The Morgan fingerprint density at radius 3 is 3.11 bits per heavy atom. The van der Waals surface area contributed by atoms with Crippen LogP contribution in [0.25, 0.3) is 0 Å². The molecule has 1 atom stereocenters. The van der Waals surface area contributed by atoms with E-state index in [0.717, 1.165) is 24.8 Å². The van der Waals surface area contributed by atoms with Crippen LogP contribution in [0.2, 0.25) is 0 Å². The summed E-state index contributed by atoms with van der Waals surface area (Å²) < 4.78 is 0. The number of aldehydes is 1. The van der Waals surface area contributed by atoms with Crippen molar-refractivity contribution in [1.29, 1.82) is 0 Å². The van der Waals surface area contributed by atoms with Crippen LogP contribution in [0, 0.1) is 0 Å². The van der Waals surface area contributed by atoms with Crippen LogP contribution in [-0.2, 0) is 4.79 Å². The second-order valence-electron chi connectivity index (χ2n) is 2.41. The highest BCUT2D eigenvalue weighted by Crippen LogP contribution is 2.05. The molecular weight excluding hydrogens is 114 g/mol. The molecule has 1 aliphatic heterocycles. The van der Waals surface area contributed by atoms with E-state index in [1.807, 2.05) is 6.08 Å². The summed E-state index contributed by atoms with van der Waals surface area (Å²) in [4.78, 5) is 10.2. The smallest absolute Gasteiger partial charge is 0.145 e. The van der Waals surface area contributed by atoms with E-state index >= 15 is 0 Å². The predicted molar refractivity (Wildman–Crippen MR) is 36.2 cm³/mol. The van der Waals surface area contributed by atoms with E-state index in [-0.39, 0.29) is 0 Å². The molecule has 1 rings (SSSR count). The van der Waals surface area contributed by atoms with Crippen LogP contribution in [0.4, 0.5) is 0 Å². The summed E-state index contributed by atoms with van der Waals surface area (Å²) in [6.07, 6.45) is 3.76. The van der Waals surface area contributed by atoms with Crippen LogP contribution in [-0.4, -0.2) is 18.9 Å². The fourth-order valence-corrected chi connectivity index (χ4v) is 0.996. The third kappa shape index (κ3) is 1.64. The average molecular weight is 125 g/mol. The topological polar surface area (TPSA) is 29.1 Å². The van der Waals surface area contributed by atoms with E-state index in [9.17, 15) is 4.79 Å². The average Bonchev–Trinajstić information content (AvgIpc) is 1.88. The van der Waals surface area contributed by atoms with Crippen LogP contribution < -0.4 is 5.32 Å². The molecule has 0 aromatic heterocycles. The van der Waals surface area contributed by atoms with E-state index in [2.05, 4.69) is 12.2 Å². The van der Waals surface area contributed by atoms with E-state index in [4.69, 9.17) is 0 Å². The number of rotatable bonds is 1. The number of nitrogens with one attached hydrogen (secondary N) is 1. The molecule has 0 aliphatic carbocycles. The molecule has 0 aromatic carbocycles. The largest absolute Gasteiger partial charge is 0.310 e. The van der Waals surface area contributed by atoms with Gasteiger partial charge in [-0.2, -0.15) is 0 Å². The molecule has 0 saturated carbocycles. The Morgan fingerprint density at radius 1 is 1.89 bits per heavy atom. The third-order valence-electron chi connectivity index (χ3n) is 1.52. The van der Waals surface area contributed by atoms with Crippen LogP contribution in [0.3, 0.4) is 0 Å². The van der Waals surface area contributed by atoms with Gasteiger partial charge in [-0.1, -0.05) is 6.08 Å². The molecule has 1 aliphatic rings. The summed E-state index contributed by atoms with van der Waals surface area (Å²) in [5, 5.41) is 3.21. The Morgan fingerprint density at radius 2 is 2.67 bits per heavy atom. The van der Waals surface area contributed by atoms with Gasteiger partial charge in [0, 0.05) is 12.6 Å². The Kier molecular flexibility index (Phi) is 2.01. The van der Waals surface area contributed by atoms with Gasteiger partial charge in [-0.25, -0.2) is 0 Å². The summed E-state index contributed by atoms with van der Waals surface area (Å²) in [5.74, 6) is 0. The first-order valence-corrected chi connectivity index (χ1v) is 3.20. The number of hydrogen-bond donors (Lipinski definition) is 1. The number of hydrogen-bond acceptors (Lipinski definition) is 2. The normalized spacial score (nSPS) is 27.2. The number of carbonyl (C=O) groups is 1. The first kappa shape index (κ1) is 6.49. The minimum absolute atomic E-state index is 0.468. The molecule has 0 bridgehead atoms. The summed E-state index contributed by atoms with van der Waals surface area (Å²) >= 11 is 0. The van der Waals surface area contributed by atoms with Crippen molar-refractivity contribution in [2.45, 2.75) is 19.4 Å². The molecule has 1 heterocycles. The quantitative estimate of drug-likeness (QED) is 0.517. The highest BCUT2D eigenvalue weighted by atomic mass is 16.1. The van der Waals surface area contributed by atoms with Gasteiger partial charge in [-0.05, 0) is 18.9 Å². The molecule has 1 unspecified atom stereocenters. The van der Waals surface area contributed by atoms with Gasteiger partial charge in [0.15, 0.2) is 0 Å². The van der Waals surface area contributed by atoms with Crippen LogP contribution in [0.15, 0.2) is 11.6 Å². The van der Waals surface area contributed by atoms with Crippen LogP contribution in [0.5, 0.6) is 0 Å². The van der Waals surface area contributed by atoms with Crippen molar-refractivity contribution in [2.75, 3.05) is 6.54 Å². The van der Waals surface area contributed by atoms with Crippen LogP contribution in [0.1, 0.15) is 13.3 Å². The molecule has 0 saturated heterocycles. The molecule has 0 radical (unpaired) electrons. The van der Waals surface area contributed by atoms with Gasteiger partial charge in [0.05, 0.1) is 0 Å². The zero-order valence-electron chi connectivity index (χ0n) is 5.55. The van der Waals surface area contributed by atoms with E-state index in [1.165, 1.54) is 0 Å². The second-order valence-corrected chi connectivity index (χ2v) is 2.41. The maximum Gasteiger partial charge on any atom is 0.145 e. The lowest BCUT2D eigenvalue weighted by molar-refractivity contribution is -0.105. The Bertz CT molecular complexity index is 140. The molecule has 0 amide bonds. The lowest BCUT2D eigenvalue weighted by atomic mass is 10.1. The molecule has 0 fully saturated rings. The minimum Gasteiger partial charge on any atom is -0.310 e. The Balaban J connectivity index is 2.53. The van der Waals surface area contributed by atoms with Gasteiger partial charge in [0.1, 0.15) is 6.29 Å². The molecule has 2 nitrogen and oxygen atoms in total. The Hall–Kier alpha value is -0.630. The highest BCUT2D eigenvalue weighted by Gasteiger charge is 2.07. The first-order valence-electron chi connectivity index (χ1n) is 3.20. The number of carbonyl (C=O) groups excluding carboxylic acids is 1. The molecule has 1 N–H and O–H groups in total. The van der Waals surface area contributed by atoms with Gasteiger partial charge < -0.3 is 5.32 Å². The SMILES string of the molecule is CC1CC(C=O)=CCN1. The zero-order valence-corrected chi connectivity index (χ0v) is 5.55. The summed E-state index contributed by atoms with van der Waals surface area (Å²) in [5.41, 5.74) is 0.932. The Labute approximate surface area is 54.9 Å². The van der Waals surface area contributed by atoms with E-state index in [1.54, 1.807) is 0 Å². The second kappa shape index (κ2) is 2.78. The molecule has 0 aromatic rings. The molecule has 2 heteroatoms. The van der Waals surface area contributed by atoms with Crippen molar-refractivity contribution in [3.05, 3.63) is 11.6 Å². The summed E-state index contributed by atoms with van der Waals surface area (Å²) in [6, 6.07) is 0.468. The van der Waals surface area contributed by atoms with Crippen molar-refractivity contribution in [3.8, 4) is 0 Å². The van der Waals surface area contributed by atoms with Gasteiger partial charge in [-0.15, -0.1) is 0 Å².